The minimum Gasteiger partial charge on any atom is -0.494 e. The van der Waals surface area contributed by atoms with Crippen LogP contribution in [0.1, 0.15) is 15.9 Å². The zero-order valence-corrected chi connectivity index (χ0v) is 18.7. The molecule has 0 spiro atoms. The maximum atomic E-state index is 13.5. The lowest BCUT2D eigenvalue weighted by Crippen LogP contribution is -2.30. The molecule has 0 bridgehead atoms. The van der Waals surface area contributed by atoms with E-state index in [9.17, 15) is 4.79 Å². The van der Waals surface area contributed by atoms with Crippen molar-refractivity contribution in [1.29, 1.82) is 0 Å². The smallest absolute Gasteiger partial charge is 0.261 e. The number of carbonyl (C=O) groups is 1. The highest BCUT2D eigenvalue weighted by atomic mass is 35.5. The highest BCUT2D eigenvalue weighted by Gasteiger charge is 2.25. The summed E-state index contributed by atoms with van der Waals surface area (Å²) < 4.78 is 6.14. The standard InChI is InChI=1S/C21H14Cl3N3O2S/c1-29-17-7-6-16(24)19-18(17)26-21(30-19)27(11-12-3-2-8-25-10-12)20(28)14-9-13(22)4-5-15(14)23/h2-10H,11H2,1H3. The van der Waals surface area contributed by atoms with Gasteiger partial charge in [0, 0.05) is 17.4 Å². The van der Waals surface area contributed by atoms with Crippen molar-refractivity contribution in [3.05, 3.63) is 81.1 Å². The Bertz CT molecular complexity index is 1230. The van der Waals surface area contributed by atoms with E-state index in [1.54, 1.807) is 49.8 Å². The van der Waals surface area contributed by atoms with Crippen LogP contribution >= 0.6 is 46.1 Å². The molecule has 30 heavy (non-hydrogen) atoms. The summed E-state index contributed by atoms with van der Waals surface area (Å²) in [6, 6.07) is 12.0. The number of amides is 1. The highest BCUT2D eigenvalue weighted by molar-refractivity contribution is 7.23. The minimum absolute atomic E-state index is 0.245. The van der Waals surface area contributed by atoms with E-state index in [-0.39, 0.29) is 18.0 Å². The number of carbonyl (C=O) groups excluding carboxylic acids is 1. The zero-order chi connectivity index (χ0) is 21.3. The molecule has 0 fully saturated rings. The topological polar surface area (TPSA) is 55.3 Å². The van der Waals surface area contributed by atoms with Crippen LogP contribution in [0.3, 0.4) is 0 Å². The van der Waals surface area contributed by atoms with E-state index in [0.29, 0.717) is 31.5 Å². The van der Waals surface area contributed by atoms with Crippen molar-refractivity contribution in [1.82, 2.24) is 9.97 Å². The first-order chi connectivity index (χ1) is 14.5. The maximum Gasteiger partial charge on any atom is 0.261 e. The number of thiazole rings is 1. The first-order valence-electron chi connectivity index (χ1n) is 8.77. The average molecular weight is 479 g/mol. The molecule has 0 aliphatic carbocycles. The molecule has 4 rings (SSSR count). The molecule has 2 aromatic heterocycles. The van der Waals surface area contributed by atoms with Gasteiger partial charge in [0.2, 0.25) is 0 Å². The van der Waals surface area contributed by atoms with Crippen molar-refractivity contribution in [3.8, 4) is 5.75 Å². The molecule has 2 aromatic carbocycles. The van der Waals surface area contributed by atoms with E-state index in [2.05, 4.69) is 9.97 Å². The lowest BCUT2D eigenvalue weighted by Gasteiger charge is -2.20. The highest BCUT2D eigenvalue weighted by Crippen LogP contribution is 2.39. The first kappa shape index (κ1) is 20.9. The summed E-state index contributed by atoms with van der Waals surface area (Å²) in [4.78, 5) is 23.8. The third-order valence-corrected chi connectivity index (χ3v) is 6.47. The van der Waals surface area contributed by atoms with Crippen molar-refractivity contribution in [3.63, 3.8) is 0 Å². The van der Waals surface area contributed by atoms with E-state index < -0.39 is 0 Å². The number of nitrogens with zero attached hydrogens (tertiary/aromatic N) is 3. The Kier molecular flexibility index (Phi) is 6.11. The van der Waals surface area contributed by atoms with E-state index in [4.69, 9.17) is 39.5 Å². The molecule has 4 aromatic rings. The molecule has 0 aliphatic heterocycles. The number of fused-ring (bicyclic) bond motifs is 1. The number of hydrogen-bond acceptors (Lipinski definition) is 5. The summed E-state index contributed by atoms with van der Waals surface area (Å²) >= 11 is 20.1. The van der Waals surface area contributed by atoms with Gasteiger partial charge in [-0.2, -0.15) is 0 Å². The third-order valence-electron chi connectivity index (χ3n) is 4.37. The molecule has 0 atom stereocenters. The monoisotopic (exact) mass is 477 g/mol. The minimum atomic E-state index is -0.333. The van der Waals surface area contributed by atoms with Crippen LogP contribution in [0.2, 0.25) is 15.1 Å². The van der Waals surface area contributed by atoms with Gasteiger partial charge in [0.05, 0.1) is 34.0 Å². The second kappa shape index (κ2) is 8.78. The van der Waals surface area contributed by atoms with Gasteiger partial charge in [-0.1, -0.05) is 52.2 Å². The Hall–Kier alpha value is -2.38. The van der Waals surface area contributed by atoms with Crippen molar-refractivity contribution < 1.29 is 9.53 Å². The number of anilines is 1. The number of aromatic nitrogens is 2. The fourth-order valence-electron chi connectivity index (χ4n) is 2.93. The number of pyridine rings is 1. The van der Waals surface area contributed by atoms with Crippen LogP contribution in [0.5, 0.6) is 5.75 Å². The summed E-state index contributed by atoms with van der Waals surface area (Å²) in [6.07, 6.45) is 3.37. The third kappa shape index (κ3) is 4.09. The van der Waals surface area contributed by atoms with Crippen LogP contribution in [-0.2, 0) is 6.54 Å². The number of hydrogen-bond donors (Lipinski definition) is 0. The molecular formula is C21H14Cl3N3O2S. The Labute approximate surface area is 191 Å². The Morgan fingerprint density at radius 3 is 2.67 bits per heavy atom. The summed E-state index contributed by atoms with van der Waals surface area (Å²) in [5, 5.41) is 1.71. The SMILES string of the molecule is COc1ccc(Cl)c2sc(N(Cc3cccnc3)C(=O)c3cc(Cl)ccc3Cl)nc12. The van der Waals surface area contributed by atoms with Crippen LogP contribution in [0.4, 0.5) is 5.13 Å². The van der Waals surface area contributed by atoms with Gasteiger partial charge in [0.25, 0.3) is 5.91 Å². The van der Waals surface area contributed by atoms with Crippen molar-refractivity contribution >= 4 is 67.4 Å². The predicted molar refractivity (Wildman–Crippen MR) is 122 cm³/mol. The van der Waals surface area contributed by atoms with Crippen molar-refractivity contribution in [2.24, 2.45) is 0 Å². The summed E-state index contributed by atoms with van der Waals surface area (Å²) in [5.74, 6) is 0.243. The van der Waals surface area contributed by atoms with Gasteiger partial charge in [-0.05, 0) is 42.0 Å². The first-order valence-corrected chi connectivity index (χ1v) is 10.7. The van der Waals surface area contributed by atoms with E-state index >= 15 is 0 Å². The van der Waals surface area contributed by atoms with Crippen LogP contribution in [0.15, 0.2) is 54.9 Å². The second-order valence-electron chi connectivity index (χ2n) is 6.30. The lowest BCUT2D eigenvalue weighted by molar-refractivity contribution is 0.0985. The number of halogens is 3. The van der Waals surface area contributed by atoms with E-state index in [1.807, 2.05) is 12.1 Å². The molecule has 152 valence electrons. The van der Waals surface area contributed by atoms with Gasteiger partial charge in [-0.25, -0.2) is 4.98 Å². The van der Waals surface area contributed by atoms with E-state index in [0.717, 1.165) is 10.3 Å². The van der Waals surface area contributed by atoms with Crippen LogP contribution in [-0.4, -0.2) is 23.0 Å². The van der Waals surface area contributed by atoms with Crippen LogP contribution in [0, 0.1) is 0 Å². The Morgan fingerprint density at radius 1 is 1.13 bits per heavy atom. The molecule has 5 nitrogen and oxygen atoms in total. The fraction of sp³-hybridized carbons (Fsp3) is 0.0952. The molecule has 0 radical (unpaired) electrons. The largest absolute Gasteiger partial charge is 0.494 e. The average Bonchev–Trinajstić information content (AvgIpc) is 3.20. The summed E-state index contributed by atoms with van der Waals surface area (Å²) in [7, 11) is 1.56. The molecule has 0 saturated carbocycles. The van der Waals surface area contributed by atoms with Crippen LogP contribution in [0.25, 0.3) is 10.2 Å². The fourth-order valence-corrected chi connectivity index (χ4v) is 4.55. The number of rotatable bonds is 5. The normalized spacial score (nSPS) is 10.9. The molecule has 2 heterocycles. The van der Waals surface area contributed by atoms with Gasteiger partial charge in [-0.15, -0.1) is 0 Å². The second-order valence-corrected chi connectivity index (χ2v) is 8.53. The quantitative estimate of drug-likeness (QED) is 0.328. The Balaban J connectivity index is 1.85. The van der Waals surface area contributed by atoms with Gasteiger partial charge in [0.15, 0.2) is 5.13 Å². The number of ether oxygens (including phenoxy) is 1. The summed E-state index contributed by atoms with van der Waals surface area (Å²) in [6.45, 7) is 0.245. The molecule has 1 amide bonds. The molecular weight excluding hydrogens is 465 g/mol. The van der Waals surface area contributed by atoms with Gasteiger partial charge >= 0.3 is 0 Å². The maximum absolute atomic E-state index is 13.5. The van der Waals surface area contributed by atoms with Crippen LogP contribution < -0.4 is 9.64 Å². The molecule has 0 saturated heterocycles. The molecule has 0 unspecified atom stereocenters. The zero-order valence-electron chi connectivity index (χ0n) is 15.6. The van der Waals surface area contributed by atoms with Gasteiger partial charge in [0.1, 0.15) is 11.3 Å². The Morgan fingerprint density at radius 2 is 1.93 bits per heavy atom. The molecule has 0 N–H and O–H groups in total. The lowest BCUT2D eigenvalue weighted by atomic mass is 10.2. The molecule has 9 heteroatoms. The van der Waals surface area contributed by atoms with E-state index in [1.165, 1.54) is 16.2 Å². The van der Waals surface area contributed by atoms with Gasteiger partial charge < -0.3 is 4.74 Å². The summed E-state index contributed by atoms with van der Waals surface area (Å²) in [5.41, 5.74) is 1.71. The number of methoxy groups -OCH3 is 1. The van der Waals surface area contributed by atoms with Crippen molar-refractivity contribution in [2.75, 3.05) is 12.0 Å². The van der Waals surface area contributed by atoms with Crippen molar-refractivity contribution in [2.45, 2.75) is 6.54 Å². The molecule has 0 aliphatic rings. The number of benzene rings is 2. The van der Waals surface area contributed by atoms with Gasteiger partial charge in [-0.3, -0.25) is 14.7 Å². The predicted octanol–water partition coefficient (Wildman–Crippen LogP) is 6.51.